The van der Waals surface area contributed by atoms with Gasteiger partial charge in [-0.1, -0.05) is 42.5 Å². The molecular formula is C24H18F3N. The van der Waals surface area contributed by atoms with Gasteiger partial charge in [-0.05, 0) is 80.9 Å². The van der Waals surface area contributed by atoms with Crippen LogP contribution in [0.2, 0.25) is 0 Å². The monoisotopic (exact) mass is 377 g/mol. The van der Waals surface area contributed by atoms with Crippen molar-refractivity contribution in [1.29, 1.82) is 0 Å². The van der Waals surface area contributed by atoms with Gasteiger partial charge in [0, 0.05) is 6.20 Å². The number of rotatable bonds is 1. The molecule has 0 atom stereocenters. The molecule has 0 aliphatic heterocycles. The molecule has 3 aromatic rings. The molecule has 2 aromatic carbocycles. The van der Waals surface area contributed by atoms with E-state index in [1.165, 1.54) is 34.2 Å². The highest BCUT2D eigenvalue weighted by Crippen LogP contribution is 2.30. The van der Waals surface area contributed by atoms with Crippen LogP contribution in [0.4, 0.5) is 13.2 Å². The van der Waals surface area contributed by atoms with E-state index in [0.29, 0.717) is 5.56 Å². The molecule has 0 saturated heterocycles. The van der Waals surface area contributed by atoms with Crippen LogP contribution in [0.15, 0.2) is 48.7 Å². The van der Waals surface area contributed by atoms with E-state index >= 15 is 0 Å². The second-order valence-electron chi connectivity index (χ2n) is 7.36. The normalized spacial score (nSPS) is 15.0. The van der Waals surface area contributed by atoms with Crippen molar-refractivity contribution in [3.63, 3.8) is 0 Å². The third kappa shape index (κ3) is 2.75. The summed E-state index contributed by atoms with van der Waals surface area (Å²) in [6.45, 7) is 0. The highest BCUT2D eigenvalue weighted by molar-refractivity contribution is 5.67. The Morgan fingerprint density at radius 3 is 2.64 bits per heavy atom. The lowest BCUT2D eigenvalue weighted by molar-refractivity contribution is -0.141. The predicted molar refractivity (Wildman–Crippen MR) is 104 cm³/mol. The van der Waals surface area contributed by atoms with Gasteiger partial charge in [-0.15, -0.1) is 0 Å². The number of alkyl halides is 3. The van der Waals surface area contributed by atoms with Gasteiger partial charge in [-0.3, -0.25) is 4.98 Å². The molecule has 0 spiro atoms. The number of benzene rings is 2. The third-order valence-corrected chi connectivity index (χ3v) is 5.73. The van der Waals surface area contributed by atoms with E-state index < -0.39 is 11.9 Å². The SMILES string of the molecule is FC(F)(F)c1cc(-c2cccc3c2=CCc2c4c(ccc2=3)=CCCC4)ccn1. The second-order valence-corrected chi connectivity index (χ2v) is 7.36. The summed E-state index contributed by atoms with van der Waals surface area (Å²) >= 11 is 0. The van der Waals surface area contributed by atoms with Crippen molar-refractivity contribution >= 4 is 12.2 Å². The molecular weight excluding hydrogens is 359 g/mol. The molecule has 0 fully saturated rings. The minimum atomic E-state index is -4.45. The smallest absolute Gasteiger partial charge is 0.252 e. The Bertz CT molecular complexity index is 1300. The zero-order valence-electron chi connectivity index (χ0n) is 15.2. The Morgan fingerprint density at radius 2 is 1.79 bits per heavy atom. The van der Waals surface area contributed by atoms with Gasteiger partial charge in [-0.25, -0.2) is 0 Å². The molecule has 28 heavy (non-hydrogen) atoms. The van der Waals surface area contributed by atoms with E-state index in [2.05, 4.69) is 35.3 Å². The van der Waals surface area contributed by atoms with Crippen molar-refractivity contribution in [2.75, 3.05) is 0 Å². The van der Waals surface area contributed by atoms with Crippen molar-refractivity contribution < 1.29 is 13.2 Å². The minimum absolute atomic E-state index is 0.546. The molecule has 0 amide bonds. The molecule has 1 heterocycles. The van der Waals surface area contributed by atoms with Crippen LogP contribution < -0.4 is 10.4 Å². The Kier molecular flexibility index (Phi) is 3.90. The molecule has 5 rings (SSSR count). The van der Waals surface area contributed by atoms with E-state index in [1.807, 2.05) is 12.1 Å². The van der Waals surface area contributed by atoms with E-state index in [4.69, 9.17) is 0 Å². The third-order valence-electron chi connectivity index (χ3n) is 5.73. The number of halogens is 3. The number of pyridine rings is 1. The zero-order chi connectivity index (χ0) is 19.3. The van der Waals surface area contributed by atoms with Crippen LogP contribution in [0, 0.1) is 10.4 Å². The topological polar surface area (TPSA) is 12.9 Å². The van der Waals surface area contributed by atoms with E-state index in [9.17, 15) is 13.2 Å². The largest absolute Gasteiger partial charge is 0.433 e. The predicted octanol–water partition coefficient (Wildman–Crippen LogP) is 4.51. The van der Waals surface area contributed by atoms with E-state index in [-0.39, 0.29) is 0 Å². The van der Waals surface area contributed by atoms with Crippen molar-refractivity contribution in [2.24, 2.45) is 0 Å². The summed E-state index contributed by atoms with van der Waals surface area (Å²) in [4.78, 5) is 3.49. The second kappa shape index (κ2) is 6.33. The van der Waals surface area contributed by atoms with Gasteiger partial charge < -0.3 is 0 Å². The summed E-state index contributed by atoms with van der Waals surface area (Å²) in [5.41, 5.74) is 3.30. The van der Waals surface area contributed by atoms with Crippen LogP contribution in [0.1, 0.15) is 29.7 Å². The Balaban J connectivity index is 1.80. The highest BCUT2D eigenvalue weighted by atomic mass is 19.4. The lowest BCUT2D eigenvalue weighted by Gasteiger charge is -2.17. The molecule has 0 bridgehead atoms. The lowest BCUT2D eigenvalue weighted by Crippen LogP contribution is -2.20. The lowest BCUT2D eigenvalue weighted by atomic mass is 9.87. The first-order valence-electron chi connectivity index (χ1n) is 9.50. The summed E-state index contributed by atoms with van der Waals surface area (Å²) in [5, 5.41) is 4.65. The van der Waals surface area contributed by atoms with E-state index in [0.717, 1.165) is 41.3 Å². The number of nitrogens with zero attached hydrogens (tertiary/aromatic N) is 1. The number of aromatic nitrogens is 1. The molecule has 0 N–H and O–H groups in total. The maximum atomic E-state index is 13.1. The molecule has 0 unspecified atom stereocenters. The first kappa shape index (κ1) is 17.2. The summed E-state index contributed by atoms with van der Waals surface area (Å²) < 4.78 is 39.3. The maximum absolute atomic E-state index is 13.1. The number of hydrogen-bond donors (Lipinski definition) is 0. The van der Waals surface area contributed by atoms with E-state index in [1.54, 1.807) is 6.07 Å². The van der Waals surface area contributed by atoms with Gasteiger partial charge in [-0.2, -0.15) is 13.2 Å². The van der Waals surface area contributed by atoms with Crippen molar-refractivity contribution in [3.05, 3.63) is 86.4 Å². The fourth-order valence-corrected chi connectivity index (χ4v) is 4.45. The van der Waals surface area contributed by atoms with Crippen molar-refractivity contribution in [1.82, 2.24) is 4.98 Å². The summed E-state index contributed by atoms with van der Waals surface area (Å²) in [5.74, 6) is 0. The Hall–Kier alpha value is -2.88. The maximum Gasteiger partial charge on any atom is 0.433 e. The van der Waals surface area contributed by atoms with Gasteiger partial charge >= 0.3 is 6.18 Å². The first-order chi connectivity index (χ1) is 13.5. The Morgan fingerprint density at radius 1 is 0.893 bits per heavy atom. The van der Waals surface area contributed by atoms with Gasteiger partial charge in [0.05, 0.1) is 0 Å². The van der Waals surface area contributed by atoms with Crippen LogP contribution in [-0.2, 0) is 19.0 Å². The number of fused-ring (bicyclic) bond motifs is 4. The highest BCUT2D eigenvalue weighted by Gasteiger charge is 2.32. The molecule has 1 nitrogen and oxygen atoms in total. The standard InChI is InChI=1S/C24H18F3N/c25-24(26,27)23-14-16(12-13-28-23)18-6-3-7-19-21(18)11-10-20-17-5-2-1-4-15(17)8-9-22(19)20/h3-4,6-9,11-14H,1-2,5,10H2. The Labute approximate surface area is 160 Å². The van der Waals surface area contributed by atoms with Crippen LogP contribution in [0.5, 0.6) is 0 Å². The van der Waals surface area contributed by atoms with Gasteiger partial charge in [0.1, 0.15) is 5.69 Å². The molecule has 0 saturated carbocycles. The molecule has 4 heteroatoms. The molecule has 2 aliphatic rings. The average molecular weight is 377 g/mol. The van der Waals surface area contributed by atoms with Gasteiger partial charge in [0.2, 0.25) is 0 Å². The molecule has 2 aliphatic carbocycles. The van der Waals surface area contributed by atoms with Crippen LogP contribution in [0.3, 0.4) is 0 Å². The summed E-state index contributed by atoms with van der Waals surface area (Å²) in [7, 11) is 0. The zero-order valence-corrected chi connectivity index (χ0v) is 15.2. The van der Waals surface area contributed by atoms with Crippen molar-refractivity contribution in [3.8, 4) is 11.1 Å². The first-order valence-corrected chi connectivity index (χ1v) is 9.50. The van der Waals surface area contributed by atoms with Crippen LogP contribution >= 0.6 is 0 Å². The minimum Gasteiger partial charge on any atom is -0.252 e. The van der Waals surface area contributed by atoms with Crippen LogP contribution in [0.25, 0.3) is 23.3 Å². The van der Waals surface area contributed by atoms with Gasteiger partial charge in [0.15, 0.2) is 0 Å². The summed E-state index contributed by atoms with van der Waals surface area (Å²) in [6.07, 6.45) is 5.46. The molecule has 140 valence electrons. The molecule has 1 aromatic heterocycles. The molecule has 0 radical (unpaired) electrons. The summed E-state index contributed by atoms with van der Waals surface area (Å²) in [6, 6.07) is 13.0. The average Bonchev–Trinajstić information content (AvgIpc) is 2.72. The quantitative estimate of drug-likeness (QED) is 0.608. The van der Waals surface area contributed by atoms with Gasteiger partial charge in [0.25, 0.3) is 0 Å². The number of hydrogen-bond acceptors (Lipinski definition) is 1. The fraction of sp³-hybridized carbons (Fsp3) is 0.208. The van der Waals surface area contributed by atoms with Crippen molar-refractivity contribution in [2.45, 2.75) is 31.9 Å². The fourth-order valence-electron chi connectivity index (χ4n) is 4.45. The van der Waals surface area contributed by atoms with Crippen LogP contribution in [-0.4, -0.2) is 4.98 Å².